The molecular weight excluding hydrogens is 250 g/mol. The second-order valence-electron chi connectivity index (χ2n) is 3.78. The summed E-state index contributed by atoms with van der Waals surface area (Å²) in [7, 11) is 0. The average molecular weight is 261 g/mol. The number of rotatable bonds is 2. The van der Waals surface area contributed by atoms with Crippen molar-refractivity contribution in [2.24, 2.45) is 0 Å². The first-order valence-electron chi connectivity index (χ1n) is 5.39. The Hall–Kier alpha value is -2.83. The Kier molecular flexibility index (Phi) is 3.46. The van der Waals surface area contributed by atoms with Gasteiger partial charge >= 0.3 is 11.8 Å². The van der Waals surface area contributed by atoms with Crippen molar-refractivity contribution in [3.63, 3.8) is 0 Å². The molecule has 0 aliphatic rings. The van der Waals surface area contributed by atoms with Crippen molar-refractivity contribution in [2.75, 3.05) is 10.6 Å². The highest BCUT2D eigenvalue weighted by Crippen LogP contribution is 2.15. The summed E-state index contributed by atoms with van der Waals surface area (Å²) >= 11 is 0. The molecule has 0 fully saturated rings. The van der Waals surface area contributed by atoms with Gasteiger partial charge in [-0.3, -0.25) is 14.9 Å². The van der Waals surface area contributed by atoms with Crippen LogP contribution in [0.1, 0.15) is 5.76 Å². The Labute approximate surface area is 108 Å². The Morgan fingerprint density at radius 1 is 1.21 bits per heavy atom. The summed E-state index contributed by atoms with van der Waals surface area (Å²) in [6.45, 7) is 1.66. The Morgan fingerprint density at radius 2 is 1.95 bits per heavy atom. The summed E-state index contributed by atoms with van der Waals surface area (Å²) in [5.41, 5.74) is 0.316. The van der Waals surface area contributed by atoms with E-state index in [-0.39, 0.29) is 11.6 Å². The first kappa shape index (κ1) is 12.6. The number of hydrogen-bond acceptors (Lipinski definition) is 5. The van der Waals surface area contributed by atoms with Crippen molar-refractivity contribution in [1.82, 2.24) is 5.16 Å². The molecule has 7 nitrogen and oxygen atoms in total. The van der Waals surface area contributed by atoms with Crippen LogP contribution in [0.5, 0.6) is 5.75 Å². The van der Waals surface area contributed by atoms with Crippen LogP contribution in [-0.2, 0) is 9.59 Å². The SMILES string of the molecule is Cc1cc(NC(=O)C(=O)Nc2cccc(O)c2)no1. The maximum absolute atomic E-state index is 11.6. The lowest BCUT2D eigenvalue weighted by molar-refractivity contribution is -0.133. The fraction of sp³-hybridized carbons (Fsp3) is 0.0833. The quantitative estimate of drug-likeness (QED) is 0.706. The van der Waals surface area contributed by atoms with Crippen LogP contribution in [0.15, 0.2) is 34.9 Å². The minimum absolute atomic E-state index is 0.00895. The summed E-state index contributed by atoms with van der Waals surface area (Å²) in [4.78, 5) is 23.1. The summed E-state index contributed by atoms with van der Waals surface area (Å²) in [5, 5.41) is 17.4. The number of benzene rings is 1. The maximum Gasteiger partial charge on any atom is 0.315 e. The molecule has 7 heteroatoms. The molecule has 2 rings (SSSR count). The number of nitrogens with zero attached hydrogens (tertiary/aromatic N) is 1. The van der Waals surface area contributed by atoms with Crippen LogP contribution in [0.3, 0.4) is 0 Å². The molecule has 0 aliphatic heterocycles. The fourth-order valence-electron chi connectivity index (χ4n) is 1.37. The third kappa shape index (κ3) is 3.32. The summed E-state index contributed by atoms with van der Waals surface area (Å²) in [5.74, 6) is -1.08. The molecule has 0 spiro atoms. The number of carbonyl (C=O) groups is 2. The summed E-state index contributed by atoms with van der Waals surface area (Å²) in [6.07, 6.45) is 0. The monoisotopic (exact) mass is 261 g/mol. The van der Waals surface area contributed by atoms with Crippen molar-refractivity contribution >= 4 is 23.3 Å². The van der Waals surface area contributed by atoms with Gasteiger partial charge in [0.05, 0.1) is 0 Å². The highest BCUT2D eigenvalue weighted by molar-refractivity contribution is 6.43. The molecular formula is C12H11N3O4. The molecule has 98 valence electrons. The van der Waals surface area contributed by atoms with Gasteiger partial charge in [-0.15, -0.1) is 0 Å². The van der Waals surface area contributed by atoms with Crippen molar-refractivity contribution in [3.8, 4) is 5.75 Å². The highest BCUT2D eigenvalue weighted by Gasteiger charge is 2.15. The van der Waals surface area contributed by atoms with E-state index < -0.39 is 11.8 Å². The summed E-state index contributed by atoms with van der Waals surface area (Å²) < 4.78 is 4.75. The number of aromatic nitrogens is 1. The van der Waals surface area contributed by atoms with E-state index in [9.17, 15) is 14.7 Å². The third-order valence-electron chi connectivity index (χ3n) is 2.18. The number of phenolic OH excluding ortho intramolecular Hbond substituents is 1. The molecule has 1 heterocycles. The van der Waals surface area contributed by atoms with Crippen molar-refractivity contribution in [3.05, 3.63) is 36.1 Å². The number of aryl methyl sites for hydroxylation is 1. The van der Waals surface area contributed by atoms with E-state index in [1.165, 1.54) is 18.2 Å². The standard InChI is InChI=1S/C12H11N3O4/c1-7-5-10(15-19-7)14-12(18)11(17)13-8-3-2-4-9(16)6-8/h2-6,16H,1H3,(H,13,17)(H,14,15,18). The van der Waals surface area contributed by atoms with Gasteiger partial charge in [-0.05, 0) is 19.1 Å². The number of hydrogen-bond donors (Lipinski definition) is 3. The number of phenols is 1. The van der Waals surface area contributed by atoms with Crippen LogP contribution in [0, 0.1) is 6.92 Å². The van der Waals surface area contributed by atoms with Crippen LogP contribution in [0.4, 0.5) is 11.5 Å². The van der Waals surface area contributed by atoms with Crippen LogP contribution >= 0.6 is 0 Å². The number of anilines is 2. The predicted molar refractivity (Wildman–Crippen MR) is 66.6 cm³/mol. The predicted octanol–water partition coefficient (Wildman–Crippen LogP) is 1.27. The smallest absolute Gasteiger partial charge is 0.315 e. The molecule has 1 aromatic heterocycles. The zero-order chi connectivity index (χ0) is 13.8. The minimum atomic E-state index is -0.878. The largest absolute Gasteiger partial charge is 0.508 e. The molecule has 0 atom stereocenters. The first-order chi connectivity index (χ1) is 9.04. The van der Waals surface area contributed by atoms with E-state index in [4.69, 9.17) is 4.52 Å². The van der Waals surface area contributed by atoms with Gasteiger partial charge in [0, 0.05) is 17.8 Å². The second-order valence-corrected chi connectivity index (χ2v) is 3.78. The molecule has 0 radical (unpaired) electrons. The van der Waals surface area contributed by atoms with E-state index in [0.717, 1.165) is 0 Å². The van der Waals surface area contributed by atoms with Gasteiger partial charge in [0.25, 0.3) is 0 Å². The van der Waals surface area contributed by atoms with Crippen LogP contribution in [0.2, 0.25) is 0 Å². The van der Waals surface area contributed by atoms with Gasteiger partial charge in [0.15, 0.2) is 5.82 Å². The Bertz CT molecular complexity index is 621. The van der Waals surface area contributed by atoms with Crippen LogP contribution in [0.25, 0.3) is 0 Å². The lowest BCUT2D eigenvalue weighted by Crippen LogP contribution is -2.29. The zero-order valence-electron chi connectivity index (χ0n) is 10.0. The topological polar surface area (TPSA) is 104 Å². The van der Waals surface area contributed by atoms with Crippen molar-refractivity contribution < 1.29 is 19.2 Å². The van der Waals surface area contributed by atoms with E-state index >= 15 is 0 Å². The molecule has 19 heavy (non-hydrogen) atoms. The van der Waals surface area contributed by atoms with Crippen molar-refractivity contribution in [1.29, 1.82) is 0 Å². The molecule has 1 aromatic carbocycles. The molecule has 0 aliphatic carbocycles. The molecule has 0 bridgehead atoms. The number of carbonyl (C=O) groups excluding carboxylic acids is 2. The minimum Gasteiger partial charge on any atom is -0.508 e. The van der Waals surface area contributed by atoms with Crippen molar-refractivity contribution in [2.45, 2.75) is 6.92 Å². The van der Waals surface area contributed by atoms with Gasteiger partial charge in [0.1, 0.15) is 11.5 Å². The molecule has 2 amide bonds. The summed E-state index contributed by atoms with van der Waals surface area (Å²) in [6, 6.07) is 7.36. The van der Waals surface area contributed by atoms with Gasteiger partial charge < -0.3 is 14.9 Å². The van der Waals surface area contributed by atoms with Crippen LogP contribution < -0.4 is 10.6 Å². The fourth-order valence-corrected chi connectivity index (χ4v) is 1.37. The Balaban J connectivity index is 1.98. The zero-order valence-corrected chi connectivity index (χ0v) is 10.0. The lowest BCUT2D eigenvalue weighted by atomic mass is 10.3. The first-order valence-corrected chi connectivity index (χ1v) is 5.39. The van der Waals surface area contributed by atoms with E-state index in [2.05, 4.69) is 15.8 Å². The van der Waals surface area contributed by atoms with Gasteiger partial charge in [-0.25, -0.2) is 0 Å². The normalized spacial score (nSPS) is 9.95. The highest BCUT2D eigenvalue weighted by atomic mass is 16.5. The number of aromatic hydroxyl groups is 1. The second kappa shape index (κ2) is 5.21. The molecule has 0 saturated carbocycles. The van der Waals surface area contributed by atoms with Gasteiger partial charge in [-0.2, -0.15) is 0 Å². The third-order valence-corrected chi connectivity index (χ3v) is 2.18. The lowest BCUT2D eigenvalue weighted by Gasteiger charge is -2.04. The average Bonchev–Trinajstić information content (AvgIpc) is 2.74. The maximum atomic E-state index is 11.6. The molecule has 0 saturated heterocycles. The van der Waals surface area contributed by atoms with E-state index in [1.54, 1.807) is 19.1 Å². The number of nitrogens with one attached hydrogen (secondary N) is 2. The van der Waals surface area contributed by atoms with Crippen LogP contribution in [-0.4, -0.2) is 22.1 Å². The molecule has 0 unspecified atom stereocenters. The van der Waals surface area contributed by atoms with Gasteiger partial charge in [0.2, 0.25) is 0 Å². The van der Waals surface area contributed by atoms with E-state index in [0.29, 0.717) is 11.4 Å². The number of amides is 2. The Morgan fingerprint density at radius 3 is 2.58 bits per heavy atom. The van der Waals surface area contributed by atoms with Gasteiger partial charge in [-0.1, -0.05) is 11.2 Å². The molecule has 3 N–H and O–H groups in total. The van der Waals surface area contributed by atoms with E-state index in [1.807, 2.05) is 0 Å². The molecule has 2 aromatic rings.